The molecule has 7 heteroatoms. The van der Waals surface area contributed by atoms with Crippen LogP contribution in [0.15, 0.2) is 6.20 Å². The second kappa shape index (κ2) is 6.13. The number of H-pyrrole nitrogens is 1. The predicted octanol–water partition coefficient (Wildman–Crippen LogP) is 2.38. The number of likely N-dealkylation sites (tertiary alicyclic amines) is 1. The van der Waals surface area contributed by atoms with E-state index in [9.17, 15) is 18.3 Å². The lowest BCUT2D eigenvalue weighted by Crippen LogP contribution is -2.38. The number of imidazole rings is 1. The van der Waals surface area contributed by atoms with E-state index in [4.69, 9.17) is 0 Å². The summed E-state index contributed by atoms with van der Waals surface area (Å²) in [6.45, 7) is 4.13. The van der Waals surface area contributed by atoms with Crippen molar-refractivity contribution in [2.75, 3.05) is 19.6 Å². The van der Waals surface area contributed by atoms with Crippen molar-refractivity contribution in [2.24, 2.45) is 0 Å². The Morgan fingerprint density at radius 3 is 2.60 bits per heavy atom. The van der Waals surface area contributed by atoms with Crippen LogP contribution < -0.4 is 0 Å². The molecule has 1 aromatic heterocycles. The Kier molecular flexibility index (Phi) is 4.70. The molecule has 4 nitrogen and oxygen atoms in total. The number of aliphatic hydroxyl groups is 1. The van der Waals surface area contributed by atoms with Gasteiger partial charge in [0.05, 0.1) is 12.3 Å². The van der Waals surface area contributed by atoms with Gasteiger partial charge in [-0.1, -0.05) is 6.92 Å². The molecule has 0 radical (unpaired) electrons. The Bertz CT molecular complexity index is 425. The van der Waals surface area contributed by atoms with Gasteiger partial charge in [-0.05, 0) is 32.4 Å². The number of hydrogen-bond donors (Lipinski definition) is 2. The van der Waals surface area contributed by atoms with E-state index in [0.29, 0.717) is 18.8 Å². The van der Waals surface area contributed by atoms with E-state index in [0.717, 1.165) is 32.1 Å². The maximum absolute atomic E-state index is 12.5. The highest BCUT2D eigenvalue weighted by Crippen LogP contribution is 2.31. The first kappa shape index (κ1) is 15.3. The highest BCUT2D eigenvalue weighted by atomic mass is 19.4. The van der Waals surface area contributed by atoms with Crippen molar-refractivity contribution in [2.45, 2.75) is 44.4 Å². The molecule has 0 aliphatic carbocycles. The maximum Gasteiger partial charge on any atom is 0.432 e. The highest BCUT2D eigenvalue weighted by molar-refractivity contribution is 5.09. The van der Waals surface area contributed by atoms with E-state index in [2.05, 4.69) is 14.9 Å². The van der Waals surface area contributed by atoms with Crippen LogP contribution in [0.1, 0.15) is 43.6 Å². The molecule has 0 aromatic carbocycles. The van der Waals surface area contributed by atoms with E-state index >= 15 is 0 Å². The maximum atomic E-state index is 12.5. The van der Waals surface area contributed by atoms with Crippen LogP contribution in [0.2, 0.25) is 0 Å². The van der Waals surface area contributed by atoms with Crippen LogP contribution in [-0.2, 0) is 6.18 Å². The molecule has 1 aliphatic heterocycles. The van der Waals surface area contributed by atoms with E-state index in [1.165, 1.54) is 0 Å². The largest absolute Gasteiger partial charge is 0.432 e. The smallest absolute Gasteiger partial charge is 0.392 e. The molecule has 1 fully saturated rings. The first-order valence-electron chi connectivity index (χ1n) is 6.92. The van der Waals surface area contributed by atoms with Gasteiger partial charge in [-0.3, -0.25) is 0 Å². The third-order valence-electron chi connectivity index (χ3n) is 3.82. The average molecular weight is 291 g/mol. The molecule has 1 unspecified atom stereocenters. The number of β-amino-alcohol motifs (C(OH)–C–C–N with tert-alkyl or cyclic N) is 1. The number of hydrogen-bond acceptors (Lipinski definition) is 3. The summed E-state index contributed by atoms with van der Waals surface area (Å²) in [5.41, 5.74) is -0.781. The zero-order chi connectivity index (χ0) is 14.8. The first-order chi connectivity index (χ1) is 9.40. The number of nitrogens with zero attached hydrogens (tertiary/aromatic N) is 2. The fourth-order valence-corrected chi connectivity index (χ4v) is 2.50. The number of aromatic nitrogens is 2. The fraction of sp³-hybridized carbons (Fsp3) is 0.769. The van der Waals surface area contributed by atoms with E-state index in [1.54, 1.807) is 0 Å². The summed E-state index contributed by atoms with van der Waals surface area (Å²) in [5, 5.41) is 9.60. The van der Waals surface area contributed by atoms with E-state index in [1.807, 2.05) is 6.92 Å². The second-order valence-electron chi connectivity index (χ2n) is 5.32. The molecule has 0 saturated carbocycles. The number of halogens is 3. The summed E-state index contributed by atoms with van der Waals surface area (Å²) in [7, 11) is 0. The molecule has 114 valence electrons. The van der Waals surface area contributed by atoms with Gasteiger partial charge in [0.2, 0.25) is 0 Å². The fourth-order valence-electron chi connectivity index (χ4n) is 2.50. The SMILES string of the molecule is CCC(O)CN1CCC(c2ncc(C(F)(F)F)[nH]2)CC1. The van der Waals surface area contributed by atoms with Crippen molar-refractivity contribution in [1.82, 2.24) is 14.9 Å². The summed E-state index contributed by atoms with van der Waals surface area (Å²) in [6, 6.07) is 0. The van der Waals surface area contributed by atoms with Crippen molar-refractivity contribution in [3.05, 3.63) is 17.7 Å². The van der Waals surface area contributed by atoms with Gasteiger partial charge in [0.1, 0.15) is 11.5 Å². The molecule has 1 aromatic rings. The van der Waals surface area contributed by atoms with Gasteiger partial charge in [-0.15, -0.1) is 0 Å². The van der Waals surface area contributed by atoms with Gasteiger partial charge >= 0.3 is 6.18 Å². The van der Waals surface area contributed by atoms with Crippen molar-refractivity contribution >= 4 is 0 Å². The molecule has 20 heavy (non-hydrogen) atoms. The second-order valence-corrected chi connectivity index (χ2v) is 5.32. The topological polar surface area (TPSA) is 52.1 Å². The Morgan fingerprint density at radius 1 is 1.45 bits per heavy atom. The minimum atomic E-state index is -4.36. The summed E-state index contributed by atoms with van der Waals surface area (Å²) in [5.74, 6) is 0.467. The van der Waals surface area contributed by atoms with Crippen molar-refractivity contribution in [3.8, 4) is 0 Å². The van der Waals surface area contributed by atoms with Crippen LogP contribution in [0, 0.1) is 0 Å². The van der Waals surface area contributed by atoms with Gasteiger partial charge in [0.15, 0.2) is 0 Å². The van der Waals surface area contributed by atoms with Crippen molar-refractivity contribution < 1.29 is 18.3 Å². The monoisotopic (exact) mass is 291 g/mol. The molecule has 0 amide bonds. The van der Waals surface area contributed by atoms with Crippen molar-refractivity contribution in [1.29, 1.82) is 0 Å². The van der Waals surface area contributed by atoms with Gasteiger partial charge in [0, 0.05) is 12.5 Å². The van der Waals surface area contributed by atoms with Crippen LogP contribution in [-0.4, -0.2) is 45.7 Å². The molecule has 2 heterocycles. The Hall–Kier alpha value is -1.08. The Labute approximate surface area is 116 Å². The molecular formula is C13H20F3N3O. The molecular weight excluding hydrogens is 271 g/mol. The van der Waals surface area contributed by atoms with Crippen molar-refractivity contribution in [3.63, 3.8) is 0 Å². The van der Waals surface area contributed by atoms with Crippen LogP contribution >= 0.6 is 0 Å². The standard InChI is InChI=1S/C13H20F3N3O/c1-2-10(20)8-19-5-3-9(4-6-19)12-17-7-11(18-12)13(14,15)16/h7,9-10,20H,2-6,8H2,1H3,(H,17,18). The lowest BCUT2D eigenvalue weighted by molar-refractivity contribution is -0.141. The molecule has 2 N–H and O–H groups in total. The number of alkyl halides is 3. The minimum Gasteiger partial charge on any atom is -0.392 e. The third kappa shape index (κ3) is 3.73. The molecule has 1 atom stereocenters. The zero-order valence-corrected chi connectivity index (χ0v) is 11.5. The van der Waals surface area contributed by atoms with Gasteiger partial charge in [-0.2, -0.15) is 13.2 Å². The van der Waals surface area contributed by atoms with E-state index in [-0.39, 0.29) is 12.0 Å². The molecule has 1 aliphatic rings. The number of aliphatic hydroxyl groups excluding tert-OH is 1. The molecule has 0 bridgehead atoms. The van der Waals surface area contributed by atoms with Gasteiger partial charge < -0.3 is 15.0 Å². The number of piperidine rings is 1. The quantitative estimate of drug-likeness (QED) is 0.895. The number of aromatic amines is 1. The minimum absolute atomic E-state index is 0.0427. The highest BCUT2D eigenvalue weighted by Gasteiger charge is 2.34. The van der Waals surface area contributed by atoms with Crippen LogP contribution in [0.3, 0.4) is 0 Å². The average Bonchev–Trinajstić information content (AvgIpc) is 2.89. The van der Waals surface area contributed by atoms with E-state index < -0.39 is 11.9 Å². The zero-order valence-electron chi connectivity index (χ0n) is 11.5. The van der Waals surface area contributed by atoms with Gasteiger partial charge in [0.25, 0.3) is 0 Å². The first-order valence-corrected chi connectivity index (χ1v) is 6.92. The lowest BCUT2D eigenvalue weighted by Gasteiger charge is -2.32. The van der Waals surface area contributed by atoms with Crippen LogP contribution in [0.5, 0.6) is 0 Å². The number of rotatable bonds is 4. The predicted molar refractivity (Wildman–Crippen MR) is 68.3 cm³/mol. The summed E-state index contributed by atoms with van der Waals surface area (Å²) >= 11 is 0. The normalized spacial score (nSPS) is 20.2. The molecule has 1 saturated heterocycles. The van der Waals surface area contributed by atoms with Crippen LogP contribution in [0.4, 0.5) is 13.2 Å². The summed E-state index contributed by atoms with van der Waals surface area (Å²) in [6.07, 6.45) is -1.58. The van der Waals surface area contributed by atoms with Gasteiger partial charge in [-0.25, -0.2) is 4.98 Å². The third-order valence-corrected chi connectivity index (χ3v) is 3.82. The molecule has 0 spiro atoms. The molecule has 2 rings (SSSR count). The summed E-state index contributed by atoms with van der Waals surface area (Å²) in [4.78, 5) is 8.40. The Balaban J connectivity index is 1.89. The number of nitrogens with one attached hydrogen (secondary N) is 1. The summed E-state index contributed by atoms with van der Waals surface area (Å²) < 4.78 is 37.5. The van der Waals surface area contributed by atoms with Crippen LogP contribution in [0.25, 0.3) is 0 Å². The lowest BCUT2D eigenvalue weighted by atomic mass is 9.96. The Morgan fingerprint density at radius 2 is 2.10 bits per heavy atom.